The first-order chi connectivity index (χ1) is 15.8. The molecule has 1 amide bonds. The zero-order chi connectivity index (χ0) is 23.5. The molecule has 0 fully saturated rings. The van der Waals surface area contributed by atoms with E-state index in [0.29, 0.717) is 22.2 Å². The Labute approximate surface area is 189 Å². The highest BCUT2D eigenvalue weighted by atomic mass is 19.1. The van der Waals surface area contributed by atoms with Crippen molar-refractivity contribution in [3.05, 3.63) is 111 Å². The molecule has 0 spiro atoms. The second-order valence-electron chi connectivity index (χ2n) is 8.19. The molecular weight excluding hydrogens is 421 g/mol. The zero-order valence-corrected chi connectivity index (χ0v) is 18.4. The molecule has 1 N–H and O–H groups in total. The lowest BCUT2D eigenvalue weighted by Gasteiger charge is -2.16. The van der Waals surface area contributed by atoms with Gasteiger partial charge in [0.2, 0.25) is 5.91 Å². The van der Waals surface area contributed by atoms with Crippen LogP contribution in [0.4, 0.5) is 10.1 Å². The molecular formula is C26H24FN3O3. The van der Waals surface area contributed by atoms with Crippen LogP contribution >= 0.6 is 0 Å². The maximum Gasteiger partial charge on any atom is 0.332 e. The lowest BCUT2D eigenvalue weighted by molar-refractivity contribution is -0.116. The van der Waals surface area contributed by atoms with Crippen molar-refractivity contribution in [1.82, 2.24) is 9.13 Å². The lowest BCUT2D eigenvalue weighted by atomic mass is 10.0. The van der Waals surface area contributed by atoms with E-state index in [2.05, 4.69) is 5.32 Å². The SMILES string of the molecule is CC(C)c1ccccc1NC(=O)Cn1c(=O)n(Cc2ccc(F)cc2)c(=O)c2ccccc21. The molecule has 0 atom stereocenters. The third-order valence-corrected chi connectivity index (χ3v) is 5.54. The highest BCUT2D eigenvalue weighted by Gasteiger charge is 2.17. The van der Waals surface area contributed by atoms with Gasteiger partial charge in [-0.25, -0.2) is 9.18 Å². The van der Waals surface area contributed by atoms with Crippen LogP contribution in [-0.2, 0) is 17.9 Å². The van der Waals surface area contributed by atoms with Crippen LogP contribution in [0.5, 0.6) is 0 Å². The molecule has 0 aliphatic rings. The van der Waals surface area contributed by atoms with E-state index in [1.807, 2.05) is 38.1 Å². The molecule has 0 unspecified atom stereocenters. The van der Waals surface area contributed by atoms with Crippen molar-refractivity contribution in [2.24, 2.45) is 0 Å². The molecule has 0 aliphatic carbocycles. The minimum Gasteiger partial charge on any atom is -0.324 e. The van der Waals surface area contributed by atoms with Gasteiger partial charge >= 0.3 is 5.69 Å². The van der Waals surface area contributed by atoms with Gasteiger partial charge in [0.05, 0.1) is 17.4 Å². The van der Waals surface area contributed by atoms with Crippen LogP contribution in [0, 0.1) is 5.82 Å². The maximum absolute atomic E-state index is 13.3. The van der Waals surface area contributed by atoms with Crippen molar-refractivity contribution in [2.45, 2.75) is 32.9 Å². The number of hydrogen-bond donors (Lipinski definition) is 1. The minimum absolute atomic E-state index is 0.0272. The minimum atomic E-state index is -0.602. The molecule has 3 aromatic carbocycles. The fourth-order valence-electron chi connectivity index (χ4n) is 3.88. The van der Waals surface area contributed by atoms with Crippen LogP contribution < -0.4 is 16.6 Å². The van der Waals surface area contributed by atoms with Gasteiger partial charge in [0.1, 0.15) is 12.4 Å². The van der Waals surface area contributed by atoms with Gasteiger partial charge in [-0.05, 0) is 47.4 Å². The monoisotopic (exact) mass is 445 g/mol. The van der Waals surface area contributed by atoms with Crippen LogP contribution in [-0.4, -0.2) is 15.0 Å². The van der Waals surface area contributed by atoms with Crippen molar-refractivity contribution in [2.75, 3.05) is 5.32 Å². The van der Waals surface area contributed by atoms with Crippen molar-refractivity contribution in [3.63, 3.8) is 0 Å². The quantitative estimate of drug-likeness (QED) is 0.485. The Morgan fingerprint density at radius 2 is 1.58 bits per heavy atom. The number of nitrogens with zero attached hydrogens (tertiary/aromatic N) is 2. The summed E-state index contributed by atoms with van der Waals surface area (Å²) in [5, 5.41) is 3.22. The largest absolute Gasteiger partial charge is 0.332 e. The van der Waals surface area contributed by atoms with Crippen LogP contribution in [0.15, 0.2) is 82.4 Å². The summed E-state index contributed by atoms with van der Waals surface area (Å²) in [4.78, 5) is 39.3. The van der Waals surface area contributed by atoms with E-state index in [-0.39, 0.29) is 24.9 Å². The van der Waals surface area contributed by atoms with Gasteiger partial charge in [0.25, 0.3) is 5.56 Å². The van der Waals surface area contributed by atoms with Crippen LogP contribution in [0.1, 0.15) is 30.9 Å². The Bertz CT molecular complexity index is 1440. The summed E-state index contributed by atoms with van der Waals surface area (Å²) in [7, 11) is 0. The first kappa shape index (κ1) is 22.2. The van der Waals surface area contributed by atoms with Crippen LogP contribution in [0.25, 0.3) is 10.9 Å². The molecule has 0 aliphatic heterocycles. The molecule has 0 saturated carbocycles. The Kier molecular flexibility index (Phi) is 6.22. The lowest BCUT2D eigenvalue weighted by Crippen LogP contribution is -2.42. The number of carbonyl (C=O) groups excluding carboxylic acids is 1. The van der Waals surface area contributed by atoms with E-state index in [1.165, 1.54) is 28.8 Å². The molecule has 168 valence electrons. The number of fused-ring (bicyclic) bond motifs is 1. The van der Waals surface area contributed by atoms with Gasteiger partial charge in [0.15, 0.2) is 0 Å². The molecule has 0 bridgehead atoms. The first-order valence-electron chi connectivity index (χ1n) is 10.7. The molecule has 6 nitrogen and oxygen atoms in total. The topological polar surface area (TPSA) is 73.1 Å². The third kappa shape index (κ3) is 4.62. The van der Waals surface area contributed by atoms with E-state index in [9.17, 15) is 18.8 Å². The summed E-state index contributed by atoms with van der Waals surface area (Å²) in [6, 6.07) is 19.8. The number of amides is 1. The fourth-order valence-corrected chi connectivity index (χ4v) is 3.88. The Morgan fingerprint density at radius 1 is 0.909 bits per heavy atom. The molecule has 4 rings (SSSR count). The summed E-state index contributed by atoms with van der Waals surface area (Å²) in [6.07, 6.45) is 0. The van der Waals surface area contributed by atoms with Gasteiger partial charge in [-0.15, -0.1) is 0 Å². The summed E-state index contributed by atoms with van der Waals surface area (Å²) in [5.74, 6) is -0.564. The van der Waals surface area contributed by atoms with E-state index in [4.69, 9.17) is 0 Å². The molecule has 0 radical (unpaired) electrons. The average molecular weight is 445 g/mol. The molecule has 7 heteroatoms. The third-order valence-electron chi connectivity index (χ3n) is 5.54. The number of rotatable bonds is 6. The van der Waals surface area contributed by atoms with E-state index < -0.39 is 17.1 Å². The number of benzene rings is 3. The average Bonchev–Trinajstić information content (AvgIpc) is 2.81. The van der Waals surface area contributed by atoms with Gasteiger partial charge in [-0.2, -0.15) is 0 Å². The Hall–Kier alpha value is -4.00. The van der Waals surface area contributed by atoms with Gasteiger partial charge in [-0.3, -0.25) is 18.7 Å². The molecule has 1 aromatic heterocycles. The Balaban J connectivity index is 1.74. The Morgan fingerprint density at radius 3 is 2.30 bits per heavy atom. The van der Waals surface area contributed by atoms with E-state index in [0.717, 1.165) is 10.1 Å². The van der Waals surface area contributed by atoms with Gasteiger partial charge in [0, 0.05) is 5.69 Å². The normalized spacial score (nSPS) is 11.2. The van der Waals surface area contributed by atoms with E-state index >= 15 is 0 Å². The molecule has 33 heavy (non-hydrogen) atoms. The number of hydrogen-bond acceptors (Lipinski definition) is 3. The second kappa shape index (κ2) is 9.24. The smallest absolute Gasteiger partial charge is 0.324 e. The number of halogens is 1. The number of para-hydroxylation sites is 2. The van der Waals surface area contributed by atoms with Crippen molar-refractivity contribution in [1.29, 1.82) is 0 Å². The number of aromatic nitrogens is 2. The standard InChI is InChI=1S/C26H24FN3O3/c1-17(2)20-7-3-5-9-22(20)28-24(31)16-29-23-10-6-4-8-21(23)25(32)30(26(29)33)15-18-11-13-19(27)14-12-18/h3-14,17H,15-16H2,1-2H3,(H,28,31). The number of anilines is 1. The van der Waals surface area contributed by atoms with E-state index in [1.54, 1.807) is 24.3 Å². The van der Waals surface area contributed by atoms with Crippen molar-refractivity contribution in [3.8, 4) is 0 Å². The highest BCUT2D eigenvalue weighted by molar-refractivity contribution is 5.92. The van der Waals surface area contributed by atoms with Crippen molar-refractivity contribution < 1.29 is 9.18 Å². The summed E-state index contributed by atoms with van der Waals surface area (Å²) in [6.45, 7) is 3.79. The number of carbonyl (C=O) groups is 1. The van der Waals surface area contributed by atoms with Gasteiger partial charge < -0.3 is 5.32 Å². The van der Waals surface area contributed by atoms with Gasteiger partial charge in [-0.1, -0.05) is 56.3 Å². The van der Waals surface area contributed by atoms with Crippen LogP contribution in [0.2, 0.25) is 0 Å². The fraction of sp³-hybridized carbons (Fsp3) is 0.192. The summed E-state index contributed by atoms with van der Waals surface area (Å²) in [5.41, 5.74) is 1.61. The predicted octanol–water partition coefficient (Wildman–Crippen LogP) is 4.11. The van der Waals surface area contributed by atoms with Crippen molar-refractivity contribution >= 4 is 22.5 Å². The molecule has 1 heterocycles. The highest BCUT2D eigenvalue weighted by Crippen LogP contribution is 2.23. The maximum atomic E-state index is 13.3. The van der Waals surface area contributed by atoms with Crippen LogP contribution in [0.3, 0.4) is 0 Å². The second-order valence-corrected chi connectivity index (χ2v) is 8.19. The first-order valence-corrected chi connectivity index (χ1v) is 10.7. The molecule has 4 aromatic rings. The summed E-state index contributed by atoms with van der Waals surface area (Å²) >= 11 is 0. The zero-order valence-electron chi connectivity index (χ0n) is 18.4. The number of nitrogens with one attached hydrogen (secondary N) is 1. The molecule has 0 saturated heterocycles. The summed E-state index contributed by atoms with van der Waals surface area (Å²) < 4.78 is 15.7. The predicted molar refractivity (Wildman–Crippen MR) is 127 cm³/mol.